The van der Waals surface area contributed by atoms with Crippen molar-refractivity contribution in [2.45, 2.75) is 6.42 Å². The molecule has 0 aliphatic carbocycles. The van der Waals surface area contributed by atoms with Crippen LogP contribution in [-0.2, 0) is 6.42 Å². The number of aromatic nitrogens is 4. The molecule has 0 atom stereocenters. The first-order valence-electron chi connectivity index (χ1n) is 4.60. The molecule has 0 spiro atoms. The van der Waals surface area contributed by atoms with E-state index in [2.05, 4.69) is 25.3 Å². The van der Waals surface area contributed by atoms with Gasteiger partial charge in [0, 0.05) is 30.9 Å². The summed E-state index contributed by atoms with van der Waals surface area (Å²) in [5, 5.41) is 3.04. The van der Waals surface area contributed by atoms with Crippen LogP contribution in [0, 0.1) is 0 Å². The molecule has 0 aliphatic rings. The minimum absolute atomic E-state index is 0.158. The third-order valence-corrected chi connectivity index (χ3v) is 1.93. The molecule has 6 heteroatoms. The van der Waals surface area contributed by atoms with Crippen molar-refractivity contribution in [1.82, 2.24) is 19.9 Å². The maximum atomic E-state index is 10.9. The second kappa shape index (κ2) is 4.41. The number of rotatable bonds is 4. The normalized spacial score (nSPS) is 10.1. The number of H-pyrrole nitrogens is 2. The van der Waals surface area contributed by atoms with Crippen LogP contribution >= 0.6 is 0 Å². The van der Waals surface area contributed by atoms with E-state index in [1.165, 1.54) is 12.4 Å². The number of hydrogen-bond acceptors (Lipinski definition) is 4. The van der Waals surface area contributed by atoms with Crippen LogP contribution in [0.4, 0.5) is 5.82 Å². The van der Waals surface area contributed by atoms with E-state index in [1.54, 1.807) is 12.5 Å². The molecule has 2 aromatic rings. The second-order valence-corrected chi connectivity index (χ2v) is 3.05. The SMILES string of the molecule is O=c1cc(NCCc2cnc[nH]2)nc[nH]1. The molecule has 0 aliphatic heterocycles. The zero-order chi connectivity index (χ0) is 10.5. The van der Waals surface area contributed by atoms with Gasteiger partial charge in [0.2, 0.25) is 0 Å². The highest BCUT2D eigenvalue weighted by Gasteiger charge is 1.95. The summed E-state index contributed by atoms with van der Waals surface area (Å²) >= 11 is 0. The highest BCUT2D eigenvalue weighted by atomic mass is 16.1. The first-order valence-corrected chi connectivity index (χ1v) is 4.60. The first kappa shape index (κ1) is 9.45. The van der Waals surface area contributed by atoms with Crippen molar-refractivity contribution in [3.05, 3.63) is 41.0 Å². The monoisotopic (exact) mass is 205 g/mol. The van der Waals surface area contributed by atoms with E-state index >= 15 is 0 Å². The van der Waals surface area contributed by atoms with Gasteiger partial charge in [0.15, 0.2) is 0 Å². The Morgan fingerprint density at radius 3 is 3.00 bits per heavy atom. The topological polar surface area (TPSA) is 86.5 Å². The van der Waals surface area contributed by atoms with E-state index in [0.29, 0.717) is 12.4 Å². The van der Waals surface area contributed by atoms with Gasteiger partial charge in [-0.3, -0.25) is 4.79 Å². The van der Waals surface area contributed by atoms with Gasteiger partial charge in [0.05, 0.1) is 12.7 Å². The fourth-order valence-corrected chi connectivity index (χ4v) is 1.21. The molecule has 0 saturated heterocycles. The van der Waals surface area contributed by atoms with Gasteiger partial charge in [-0.1, -0.05) is 0 Å². The minimum atomic E-state index is -0.158. The summed E-state index contributed by atoms with van der Waals surface area (Å²) in [6.45, 7) is 0.707. The van der Waals surface area contributed by atoms with Crippen molar-refractivity contribution in [2.24, 2.45) is 0 Å². The molecule has 0 amide bonds. The Balaban J connectivity index is 1.86. The maximum Gasteiger partial charge on any atom is 0.252 e. The second-order valence-electron chi connectivity index (χ2n) is 3.05. The summed E-state index contributed by atoms with van der Waals surface area (Å²) in [7, 11) is 0. The Kier molecular flexibility index (Phi) is 2.77. The van der Waals surface area contributed by atoms with E-state index in [0.717, 1.165) is 12.1 Å². The molecule has 0 saturated carbocycles. The first-order chi connectivity index (χ1) is 7.34. The van der Waals surface area contributed by atoms with Crippen LogP contribution in [-0.4, -0.2) is 26.5 Å². The summed E-state index contributed by atoms with van der Waals surface area (Å²) in [5.41, 5.74) is 0.890. The Bertz CT molecular complexity index is 461. The molecule has 15 heavy (non-hydrogen) atoms. The maximum absolute atomic E-state index is 10.9. The molecule has 0 aromatic carbocycles. The molecule has 2 rings (SSSR count). The highest BCUT2D eigenvalue weighted by molar-refractivity contribution is 5.31. The molecule has 6 nitrogen and oxygen atoms in total. The molecular weight excluding hydrogens is 194 g/mol. The fourth-order valence-electron chi connectivity index (χ4n) is 1.21. The average Bonchev–Trinajstić information content (AvgIpc) is 2.71. The Morgan fingerprint density at radius 1 is 1.33 bits per heavy atom. The van der Waals surface area contributed by atoms with Crippen molar-refractivity contribution in [3.63, 3.8) is 0 Å². The molecule has 78 valence electrons. The van der Waals surface area contributed by atoms with E-state index in [-0.39, 0.29) is 5.56 Å². The molecule has 0 bridgehead atoms. The Labute approximate surface area is 85.8 Å². The zero-order valence-electron chi connectivity index (χ0n) is 8.03. The highest BCUT2D eigenvalue weighted by Crippen LogP contribution is 1.97. The standard InChI is InChI=1S/C9H11N5O/c15-9-3-8(13-6-14-9)11-2-1-7-4-10-5-12-7/h3-6H,1-2H2,(H,10,12)(H2,11,13,14,15). The summed E-state index contributed by atoms with van der Waals surface area (Å²) in [4.78, 5) is 24.3. The van der Waals surface area contributed by atoms with Crippen LogP contribution < -0.4 is 10.9 Å². The number of nitrogens with one attached hydrogen (secondary N) is 3. The molecule has 0 radical (unpaired) electrons. The van der Waals surface area contributed by atoms with Crippen molar-refractivity contribution in [1.29, 1.82) is 0 Å². The fraction of sp³-hybridized carbons (Fsp3) is 0.222. The number of hydrogen-bond donors (Lipinski definition) is 3. The van der Waals surface area contributed by atoms with Gasteiger partial charge in [0.1, 0.15) is 5.82 Å². The third-order valence-electron chi connectivity index (χ3n) is 1.93. The van der Waals surface area contributed by atoms with Gasteiger partial charge in [0.25, 0.3) is 5.56 Å². The van der Waals surface area contributed by atoms with E-state index < -0.39 is 0 Å². The summed E-state index contributed by atoms with van der Waals surface area (Å²) in [6.07, 6.45) is 5.60. The van der Waals surface area contributed by atoms with Gasteiger partial charge in [-0.25, -0.2) is 9.97 Å². The van der Waals surface area contributed by atoms with Crippen LogP contribution in [0.5, 0.6) is 0 Å². The lowest BCUT2D eigenvalue weighted by Crippen LogP contribution is -2.11. The molecule has 0 fully saturated rings. The minimum Gasteiger partial charge on any atom is -0.369 e. The van der Waals surface area contributed by atoms with Gasteiger partial charge >= 0.3 is 0 Å². The smallest absolute Gasteiger partial charge is 0.252 e. The molecule has 2 aromatic heterocycles. The largest absolute Gasteiger partial charge is 0.369 e. The lowest BCUT2D eigenvalue weighted by molar-refractivity contribution is 0.961. The van der Waals surface area contributed by atoms with Crippen molar-refractivity contribution >= 4 is 5.82 Å². The summed E-state index contributed by atoms with van der Waals surface area (Å²) < 4.78 is 0. The van der Waals surface area contributed by atoms with Gasteiger partial charge in [-0.2, -0.15) is 0 Å². The van der Waals surface area contributed by atoms with Crippen LogP contribution in [0.1, 0.15) is 5.69 Å². The predicted octanol–water partition coefficient (Wildman–Crippen LogP) is 0.148. The predicted molar refractivity (Wildman–Crippen MR) is 55.6 cm³/mol. The number of anilines is 1. The van der Waals surface area contributed by atoms with E-state index in [1.807, 2.05) is 0 Å². The molecule has 3 N–H and O–H groups in total. The summed E-state index contributed by atoms with van der Waals surface area (Å²) in [6, 6.07) is 1.42. The Hall–Kier alpha value is -2.11. The number of nitrogens with zero attached hydrogens (tertiary/aromatic N) is 2. The third kappa shape index (κ3) is 2.67. The van der Waals surface area contributed by atoms with E-state index in [9.17, 15) is 4.79 Å². The molecule has 2 heterocycles. The van der Waals surface area contributed by atoms with Gasteiger partial charge < -0.3 is 15.3 Å². The van der Waals surface area contributed by atoms with Crippen molar-refractivity contribution in [2.75, 3.05) is 11.9 Å². The quantitative estimate of drug-likeness (QED) is 0.663. The number of aromatic amines is 2. The molecular formula is C9H11N5O. The van der Waals surface area contributed by atoms with Gasteiger partial charge in [-0.15, -0.1) is 0 Å². The van der Waals surface area contributed by atoms with Crippen molar-refractivity contribution < 1.29 is 0 Å². The summed E-state index contributed by atoms with van der Waals surface area (Å²) in [5.74, 6) is 0.582. The molecule has 0 unspecified atom stereocenters. The Morgan fingerprint density at radius 2 is 2.27 bits per heavy atom. The zero-order valence-corrected chi connectivity index (χ0v) is 8.03. The van der Waals surface area contributed by atoms with Crippen molar-refractivity contribution in [3.8, 4) is 0 Å². The lowest BCUT2D eigenvalue weighted by atomic mass is 10.3. The average molecular weight is 205 g/mol. The van der Waals surface area contributed by atoms with Crippen LogP contribution in [0.25, 0.3) is 0 Å². The van der Waals surface area contributed by atoms with Gasteiger partial charge in [-0.05, 0) is 0 Å². The number of imidazole rings is 1. The lowest BCUT2D eigenvalue weighted by Gasteiger charge is -2.02. The van der Waals surface area contributed by atoms with Crippen LogP contribution in [0.2, 0.25) is 0 Å². The van der Waals surface area contributed by atoms with E-state index in [4.69, 9.17) is 0 Å². The van der Waals surface area contributed by atoms with Crippen LogP contribution in [0.15, 0.2) is 29.7 Å². The van der Waals surface area contributed by atoms with Crippen LogP contribution in [0.3, 0.4) is 0 Å².